The fourth-order valence-corrected chi connectivity index (χ4v) is 3.81. The standard InChI is InChI=1S/C20H17FN4O2/c21-14-4-5-15-16(11-14)27-23-20(15)13-6-9-24(10-7-13)18-12-19(26)25-8-2-1-3-17(25)22-18/h1-5,8,11-13H,6-7,9-10H2. The molecule has 3 aromatic heterocycles. The van der Waals surface area contributed by atoms with Crippen molar-refractivity contribution >= 4 is 22.4 Å². The molecule has 1 saturated heterocycles. The van der Waals surface area contributed by atoms with Gasteiger partial charge in [-0.1, -0.05) is 11.2 Å². The van der Waals surface area contributed by atoms with E-state index in [1.807, 2.05) is 18.2 Å². The summed E-state index contributed by atoms with van der Waals surface area (Å²) in [7, 11) is 0. The summed E-state index contributed by atoms with van der Waals surface area (Å²) in [5, 5.41) is 5.06. The quantitative estimate of drug-likeness (QED) is 0.546. The number of aromatic nitrogens is 3. The number of piperidine rings is 1. The minimum Gasteiger partial charge on any atom is -0.356 e. The van der Waals surface area contributed by atoms with Crippen molar-refractivity contribution in [1.29, 1.82) is 0 Å². The van der Waals surface area contributed by atoms with E-state index in [4.69, 9.17) is 4.52 Å². The first kappa shape index (κ1) is 16.0. The number of nitrogens with zero attached hydrogens (tertiary/aromatic N) is 4. The van der Waals surface area contributed by atoms with Crippen LogP contribution >= 0.6 is 0 Å². The van der Waals surface area contributed by atoms with Gasteiger partial charge in [-0.15, -0.1) is 0 Å². The molecule has 6 nitrogen and oxygen atoms in total. The Balaban J connectivity index is 1.39. The minimum atomic E-state index is -0.325. The third-order valence-corrected chi connectivity index (χ3v) is 5.23. The molecular formula is C20H17FN4O2. The highest BCUT2D eigenvalue weighted by atomic mass is 19.1. The molecule has 4 aromatic rings. The van der Waals surface area contributed by atoms with E-state index >= 15 is 0 Å². The van der Waals surface area contributed by atoms with Gasteiger partial charge < -0.3 is 9.42 Å². The highest BCUT2D eigenvalue weighted by Gasteiger charge is 2.26. The molecule has 4 heterocycles. The van der Waals surface area contributed by atoms with Crippen LogP contribution in [0.15, 0.2) is 58.0 Å². The fourth-order valence-electron chi connectivity index (χ4n) is 3.81. The summed E-state index contributed by atoms with van der Waals surface area (Å²) < 4.78 is 20.2. The number of benzene rings is 1. The lowest BCUT2D eigenvalue weighted by Gasteiger charge is -2.32. The molecule has 0 bridgehead atoms. The number of hydrogen-bond acceptors (Lipinski definition) is 5. The van der Waals surface area contributed by atoms with Gasteiger partial charge >= 0.3 is 0 Å². The Hall–Kier alpha value is -3.22. The Kier molecular flexibility index (Phi) is 3.67. The average molecular weight is 364 g/mol. The monoisotopic (exact) mass is 364 g/mol. The first-order valence-electron chi connectivity index (χ1n) is 8.97. The van der Waals surface area contributed by atoms with Crippen LogP contribution in [0.4, 0.5) is 10.2 Å². The summed E-state index contributed by atoms with van der Waals surface area (Å²) in [5.41, 5.74) is 1.93. The van der Waals surface area contributed by atoms with E-state index in [0.717, 1.165) is 37.0 Å². The Labute approximate surface area is 153 Å². The normalized spacial score (nSPS) is 15.7. The Morgan fingerprint density at radius 1 is 1.11 bits per heavy atom. The van der Waals surface area contributed by atoms with Crippen molar-refractivity contribution in [1.82, 2.24) is 14.5 Å². The average Bonchev–Trinajstić information content (AvgIpc) is 3.11. The van der Waals surface area contributed by atoms with Crippen LogP contribution in [0.2, 0.25) is 0 Å². The number of hydrogen-bond donors (Lipinski definition) is 0. The zero-order valence-electron chi connectivity index (χ0n) is 14.5. The van der Waals surface area contributed by atoms with Gasteiger partial charge in [-0.05, 0) is 37.1 Å². The van der Waals surface area contributed by atoms with E-state index < -0.39 is 0 Å². The highest BCUT2D eigenvalue weighted by Crippen LogP contribution is 2.33. The molecule has 1 aliphatic rings. The van der Waals surface area contributed by atoms with E-state index in [1.165, 1.54) is 16.5 Å². The van der Waals surface area contributed by atoms with Crippen LogP contribution in [-0.2, 0) is 0 Å². The first-order chi connectivity index (χ1) is 13.2. The van der Waals surface area contributed by atoms with Crippen LogP contribution in [0.25, 0.3) is 16.6 Å². The second kappa shape index (κ2) is 6.19. The number of halogens is 1. The summed E-state index contributed by atoms with van der Waals surface area (Å²) in [6, 6.07) is 11.6. The molecule has 1 aliphatic heterocycles. The highest BCUT2D eigenvalue weighted by molar-refractivity contribution is 5.80. The lowest BCUT2D eigenvalue weighted by atomic mass is 9.91. The lowest BCUT2D eigenvalue weighted by Crippen LogP contribution is -2.34. The first-order valence-corrected chi connectivity index (χ1v) is 8.97. The van der Waals surface area contributed by atoms with Gasteiger partial charge in [0.25, 0.3) is 5.56 Å². The third-order valence-electron chi connectivity index (χ3n) is 5.23. The molecule has 0 saturated carbocycles. The van der Waals surface area contributed by atoms with E-state index in [2.05, 4.69) is 15.0 Å². The van der Waals surface area contributed by atoms with Crippen molar-refractivity contribution in [3.05, 3.63) is 70.5 Å². The zero-order valence-corrected chi connectivity index (χ0v) is 14.5. The molecule has 0 spiro atoms. The molecule has 0 unspecified atom stereocenters. The zero-order chi connectivity index (χ0) is 18.4. The Bertz CT molecular complexity index is 1190. The lowest BCUT2D eigenvalue weighted by molar-refractivity contribution is 0.416. The van der Waals surface area contributed by atoms with Crippen molar-refractivity contribution in [2.75, 3.05) is 18.0 Å². The summed E-state index contributed by atoms with van der Waals surface area (Å²) in [6.07, 6.45) is 3.46. The maximum absolute atomic E-state index is 13.3. The van der Waals surface area contributed by atoms with Crippen LogP contribution in [-0.4, -0.2) is 27.6 Å². The second-order valence-electron chi connectivity index (χ2n) is 6.85. The molecule has 5 rings (SSSR count). The van der Waals surface area contributed by atoms with E-state index in [-0.39, 0.29) is 17.3 Å². The summed E-state index contributed by atoms with van der Waals surface area (Å²) in [6.45, 7) is 1.55. The molecular weight excluding hydrogens is 347 g/mol. The van der Waals surface area contributed by atoms with Crippen molar-refractivity contribution in [3.8, 4) is 0 Å². The molecule has 0 amide bonds. The summed E-state index contributed by atoms with van der Waals surface area (Å²) >= 11 is 0. The Morgan fingerprint density at radius 3 is 2.81 bits per heavy atom. The third kappa shape index (κ3) is 2.75. The van der Waals surface area contributed by atoms with Crippen molar-refractivity contribution in [2.24, 2.45) is 0 Å². The molecule has 7 heteroatoms. The van der Waals surface area contributed by atoms with Crippen molar-refractivity contribution < 1.29 is 8.91 Å². The van der Waals surface area contributed by atoms with Gasteiger partial charge in [0, 0.05) is 42.7 Å². The van der Waals surface area contributed by atoms with E-state index in [9.17, 15) is 9.18 Å². The molecule has 1 fully saturated rings. The maximum atomic E-state index is 13.3. The number of pyridine rings is 1. The fraction of sp³-hybridized carbons (Fsp3) is 0.250. The molecule has 0 atom stereocenters. The summed E-state index contributed by atoms with van der Waals surface area (Å²) in [5.74, 6) is 0.625. The molecule has 27 heavy (non-hydrogen) atoms. The van der Waals surface area contributed by atoms with Gasteiger partial charge in [0.05, 0.1) is 5.69 Å². The van der Waals surface area contributed by atoms with Gasteiger partial charge in [-0.25, -0.2) is 9.37 Å². The predicted molar refractivity (Wildman–Crippen MR) is 99.6 cm³/mol. The van der Waals surface area contributed by atoms with Gasteiger partial charge in [0.15, 0.2) is 5.58 Å². The molecule has 1 aromatic carbocycles. The second-order valence-corrected chi connectivity index (χ2v) is 6.85. The van der Waals surface area contributed by atoms with E-state index in [0.29, 0.717) is 17.0 Å². The number of fused-ring (bicyclic) bond motifs is 2. The van der Waals surface area contributed by atoms with Crippen LogP contribution < -0.4 is 10.5 Å². The molecule has 0 radical (unpaired) electrons. The molecule has 0 N–H and O–H groups in total. The molecule has 136 valence electrons. The maximum Gasteiger partial charge on any atom is 0.259 e. The smallest absolute Gasteiger partial charge is 0.259 e. The minimum absolute atomic E-state index is 0.0813. The van der Waals surface area contributed by atoms with Gasteiger partial charge in [0.2, 0.25) is 0 Å². The van der Waals surface area contributed by atoms with Crippen LogP contribution in [0.1, 0.15) is 24.5 Å². The largest absolute Gasteiger partial charge is 0.356 e. The predicted octanol–water partition coefficient (Wildman–Crippen LogP) is 3.36. The van der Waals surface area contributed by atoms with Gasteiger partial charge in [0.1, 0.15) is 17.3 Å². The van der Waals surface area contributed by atoms with Crippen LogP contribution in [0, 0.1) is 5.82 Å². The van der Waals surface area contributed by atoms with Gasteiger partial charge in [-0.3, -0.25) is 9.20 Å². The van der Waals surface area contributed by atoms with E-state index in [1.54, 1.807) is 18.3 Å². The summed E-state index contributed by atoms with van der Waals surface area (Å²) in [4.78, 5) is 19.1. The topological polar surface area (TPSA) is 63.6 Å². The number of rotatable bonds is 2. The number of anilines is 1. The van der Waals surface area contributed by atoms with Crippen LogP contribution in [0.3, 0.4) is 0 Å². The van der Waals surface area contributed by atoms with Crippen LogP contribution in [0.5, 0.6) is 0 Å². The Morgan fingerprint density at radius 2 is 1.96 bits per heavy atom. The van der Waals surface area contributed by atoms with Crippen molar-refractivity contribution in [3.63, 3.8) is 0 Å². The SMILES string of the molecule is O=c1cc(N2CCC(c3noc4cc(F)ccc34)CC2)nc2ccccn12. The van der Waals surface area contributed by atoms with Gasteiger partial charge in [-0.2, -0.15) is 0 Å². The van der Waals surface area contributed by atoms with Crippen molar-refractivity contribution in [2.45, 2.75) is 18.8 Å². The molecule has 0 aliphatic carbocycles.